The normalized spacial score (nSPS) is 14.3. The van der Waals surface area contributed by atoms with Crippen molar-refractivity contribution in [2.24, 2.45) is 0 Å². The highest BCUT2D eigenvalue weighted by Crippen LogP contribution is 2.22. The quantitative estimate of drug-likeness (QED) is 0.591. The first kappa shape index (κ1) is 23.5. The van der Waals surface area contributed by atoms with E-state index in [1.807, 2.05) is 30.3 Å². The molecule has 1 heterocycles. The predicted octanol–water partition coefficient (Wildman–Crippen LogP) is 3.90. The fourth-order valence-corrected chi connectivity index (χ4v) is 3.83. The molecule has 0 aromatic heterocycles. The van der Waals surface area contributed by atoms with Crippen molar-refractivity contribution >= 4 is 40.7 Å². The van der Waals surface area contributed by atoms with Crippen molar-refractivity contribution < 1.29 is 14.3 Å². The SMILES string of the molecule is O=C(CCc1ccc(Cl)cc1Cl)NCc1cccc(NC(=O)CCN2CCOCC2)c1. The average Bonchev–Trinajstić information content (AvgIpc) is 2.77. The number of amides is 2. The Morgan fingerprint density at radius 2 is 1.81 bits per heavy atom. The van der Waals surface area contributed by atoms with Crippen molar-refractivity contribution in [3.05, 3.63) is 63.6 Å². The van der Waals surface area contributed by atoms with Crippen molar-refractivity contribution in [2.45, 2.75) is 25.8 Å². The monoisotopic (exact) mass is 463 g/mol. The second-order valence-corrected chi connectivity index (χ2v) is 8.31. The summed E-state index contributed by atoms with van der Waals surface area (Å²) in [5, 5.41) is 6.98. The number of nitrogens with zero attached hydrogens (tertiary/aromatic N) is 1. The summed E-state index contributed by atoms with van der Waals surface area (Å²) >= 11 is 12.1. The number of anilines is 1. The van der Waals surface area contributed by atoms with Crippen LogP contribution in [0.4, 0.5) is 5.69 Å². The molecule has 8 heteroatoms. The fraction of sp³-hybridized carbons (Fsp3) is 0.391. The third kappa shape index (κ3) is 8.15. The number of morpholine rings is 1. The summed E-state index contributed by atoms with van der Waals surface area (Å²) in [4.78, 5) is 26.7. The summed E-state index contributed by atoms with van der Waals surface area (Å²) in [6.45, 7) is 4.30. The van der Waals surface area contributed by atoms with E-state index in [0.29, 0.717) is 35.9 Å². The van der Waals surface area contributed by atoms with Crippen LogP contribution in [-0.2, 0) is 27.3 Å². The molecule has 2 aromatic rings. The van der Waals surface area contributed by atoms with Crippen molar-refractivity contribution in [1.29, 1.82) is 0 Å². The van der Waals surface area contributed by atoms with Gasteiger partial charge in [0.25, 0.3) is 0 Å². The first-order chi connectivity index (χ1) is 15.0. The number of ether oxygens (including phenoxy) is 1. The molecule has 3 rings (SSSR count). The van der Waals surface area contributed by atoms with Crippen LogP contribution < -0.4 is 10.6 Å². The van der Waals surface area contributed by atoms with Crippen molar-refractivity contribution in [1.82, 2.24) is 10.2 Å². The van der Waals surface area contributed by atoms with Crippen LogP contribution in [0.5, 0.6) is 0 Å². The molecular weight excluding hydrogens is 437 g/mol. The van der Waals surface area contributed by atoms with E-state index in [1.54, 1.807) is 12.1 Å². The molecule has 0 saturated carbocycles. The molecule has 1 saturated heterocycles. The Kier molecular flexibility index (Phi) is 9.15. The molecule has 0 radical (unpaired) electrons. The largest absolute Gasteiger partial charge is 0.379 e. The van der Waals surface area contributed by atoms with Gasteiger partial charge in [-0.2, -0.15) is 0 Å². The molecule has 0 spiro atoms. The molecule has 0 unspecified atom stereocenters. The number of hydrogen-bond acceptors (Lipinski definition) is 4. The number of aryl methyl sites for hydroxylation is 1. The molecule has 1 fully saturated rings. The van der Waals surface area contributed by atoms with E-state index in [0.717, 1.165) is 49.7 Å². The topological polar surface area (TPSA) is 70.7 Å². The van der Waals surface area contributed by atoms with Crippen molar-refractivity contribution in [3.63, 3.8) is 0 Å². The minimum Gasteiger partial charge on any atom is -0.379 e. The van der Waals surface area contributed by atoms with Crippen LogP contribution in [0.1, 0.15) is 24.0 Å². The molecule has 6 nitrogen and oxygen atoms in total. The summed E-state index contributed by atoms with van der Waals surface area (Å²) in [7, 11) is 0. The first-order valence-corrected chi connectivity index (χ1v) is 11.1. The third-order valence-electron chi connectivity index (χ3n) is 5.10. The van der Waals surface area contributed by atoms with E-state index >= 15 is 0 Å². The number of nitrogens with one attached hydrogen (secondary N) is 2. The van der Waals surface area contributed by atoms with Crippen LogP contribution in [-0.4, -0.2) is 49.6 Å². The molecule has 0 bridgehead atoms. The Balaban J connectivity index is 1.41. The second-order valence-electron chi connectivity index (χ2n) is 7.47. The summed E-state index contributed by atoms with van der Waals surface area (Å²) in [5.41, 5.74) is 2.54. The van der Waals surface area contributed by atoms with Gasteiger partial charge in [0.15, 0.2) is 0 Å². The Bertz CT molecular complexity index is 901. The zero-order chi connectivity index (χ0) is 22.1. The lowest BCUT2D eigenvalue weighted by Gasteiger charge is -2.26. The molecule has 2 aromatic carbocycles. The van der Waals surface area contributed by atoms with Crippen LogP contribution in [0, 0.1) is 0 Å². The lowest BCUT2D eigenvalue weighted by molar-refractivity contribution is -0.121. The number of carbonyl (C=O) groups excluding carboxylic acids is 2. The zero-order valence-electron chi connectivity index (χ0n) is 17.3. The molecule has 166 valence electrons. The van der Waals surface area contributed by atoms with Gasteiger partial charge in [-0.3, -0.25) is 14.5 Å². The summed E-state index contributed by atoms with van der Waals surface area (Å²) < 4.78 is 5.32. The third-order valence-corrected chi connectivity index (χ3v) is 5.68. The highest BCUT2D eigenvalue weighted by molar-refractivity contribution is 6.35. The highest BCUT2D eigenvalue weighted by Gasteiger charge is 2.12. The Morgan fingerprint density at radius 1 is 1.00 bits per heavy atom. The van der Waals surface area contributed by atoms with Crippen molar-refractivity contribution in [2.75, 3.05) is 38.2 Å². The number of halogens is 2. The molecule has 1 aliphatic rings. The van der Waals surface area contributed by atoms with Crippen molar-refractivity contribution in [3.8, 4) is 0 Å². The standard InChI is InChI=1S/C23H27Cl2N3O3/c24-19-6-4-18(21(25)15-19)5-7-22(29)26-16-17-2-1-3-20(14-17)27-23(30)8-9-28-10-12-31-13-11-28/h1-4,6,14-15H,5,7-13,16H2,(H,26,29)(H,27,30). The van der Waals surface area contributed by atoms with E-state index in [4.69, 9.17) is 27.9 Å². The Hall–Kier alpha value is -2.12. The van der Waals surface area contributed by atoms with Gasteiger partial charge < -0.3 is 15.4 Å². The van der Waals surface area contributed by atoms with Crippen LogP contribution in [0.3, 0.4) is 0 Å². The average molecular weight is 464 g/mol. The lowest BCUT2D eigenvalue weighted by Crippen LogP contribution is -2.38. The highest BCUT2D eigenvalue weighted by atomic mass is 35.5. The maximum absolute atomic E-state index is 12.2. The van der Waals surface area contributed by atoms with E-state index in [-0.39, 0.29) is 11.8 Å². The van der Waals surface area contributed by atoms with E-state index in [1.165, 1.54) is 0 Å². The van der Waals surface area contributed by atoms with E-state index in [9.17, 15) is 9.59 Å². The number of carbonyl (C=O) groups is 2. The molecule has 31 heavy (non-hydrogen) atoms. The molecular formula is C23H27Cl2N3O3. The van der Waals surface area contributed by atoms with Gasteiger partial charge in [-0.05, 0) is 41.8 Å². The molecule has 2 N–H and O–H groups in total. The summed E-state index contributed by atoms with van der Waals surface area (Å²) in [6, 6.07) is 12.8. The van der Waals surface area contributed by atoms with Gasteiger partial charge in [0.2, 0.25) is 11.8 Å². The molecule has 2 amide bonds. The Labute approximate surface area is 192 Å². The fourth-order valence-electron chi connectivity index (χ4n) is 3.33. The van der Waals surface area contributed by atoms with Crippen LogP contribution >= 0.6 is 23.2 Å². The molecule has 0 aliphatic carbocycles. The summed E-state index contributed by atoms with van der Waals surface area (Å²) in [5.74, 6) is -0.0847. The molecule has 0 atom stereocenters. The number of rotatable bonds is 9. The van der Waals surface area contributed by atoms with E-state index < -0.39 is 0 Å². The van der Waals surface area contributed by atoms with Gasteiger partial charge in [-0.25, -0.2) is 0 Å². The van der Waals surface area contributed by atoms with Gasteiger partial charge in [0.05, 0.1) is 13.2 Å². The van der Waals surface area contributed by atoms with Gasteiger partial charge in [0.1, 0.15) is 0 Å². The number of benzene rings is 2. The first-order valence-electron chi connectivity index (χ1n) is 10.4. The predicted molar refractivity (Wildman–Crippen MR) is 124 cm³/mol. The minimum absolute atomic E-state index is 0.0208. The summed E-state index contributed by atoms with van der Waals surface area (Å²) in [6.07, 6.45) is 1.31. The van der Waals surface area contributed by atoms with Gasteiger partial charge >= 0.3 is 0 Å². The smallest absolute Gasteiger partial charge is 0.225 e. The van der Waals surface area contributed by atoms with Crippen LogP contribution in [0.25, 0.3) is 0 Å². The second kappa shape index (κ2) is 12.1. The van der Waals surface area contributed by atoms with Crippen LogP contribution in [0.2, 0.25) is 10.0 Å². The zero-order valence-corrected chi connectivity index (χ0v) is 18.8. The van der Waals surface area contributed by atoms with Crippen LogP contribution in [0.15, 0.2) is 42.5 Å². The van der Waals surface area contributed by atoms with Gasteiger partial charge in [0, 0.05) is 54.8 Å². The lowest BCUT2D eigenvalue weighted by atomic mass is 10.1. The van der Waals surface area contributed by atoms with Gasteiger partial charge in [-0.15, -0.1) is 0 Å². The molecule has 1 aliphatic heterocycles. The Morgan fingerprint density at radius 3 is 2.58 bits per heavy atom. The minimum atomic E-state index is -0.0639. The maximum Gasteiger partial charge on any atom is 0.225 e. The van der Waals surface area contributed by atoms with Gasteiger partial charge in [-0.1, -0.05) is 41.4 Å². The maximum atomic E-state index is 12.2. The van der Waals surface area contributed by atoms with E-state index in [2.05, 4.69) is 15.5 Å². The number of hydrogen-bond donors (Lipinski definition) is 2.